The lowest BCUT2D eigenvalue weighted by molar-refractivity contribution is 0.827. The largest absolute Gasteiger partial charge is 0.314 e. The lowest BCUT2D eigenvalue weighted by Gasteiger charge is -2.36. The fourth-order valence-corrected chi connectivity index (χ4v) is 10.8. The van der Waals surface area contributed by atoms with Crippen LogP contribution in [0.15, 0.2) is 199 Å². The first kappa shape index (κ1) is 35.8. The maximum atomic E-state index is 2.62. The maximum absolute atomic E-state index is 2.62. The number of anilines is 2. The monoisotopic (exact) mass is 782 g/mol. The second kappa shape index (κ2) is 14.5. The fraction of sp³-hybridized carbons (Fsp3) is 0.119. The van der Waals surface area contributed by atoms with Crippen LogP contribution in [0.25, 0.3) is 60.9 Å². The van der Waals surface area contributed by atoms with Gasteiger partial charge in [-0.05, 0) is 167 Å². The fourth-order valence-electron chi connectivity index (χ4n) is 10.8. The SMILES string of the molecule is Cc1ccccc1C1=C2CCCc3ccccc3C2=C(N(c2ccc(-c3ccc4c(c3)c3ccccc3n4-c3ccccc3)cc2)c2ccc3c(c2)-c2ccccc2C3)CC1. The van der Waals surface area contributed by atoms with Crippen LogP contribution >= 0.6 is 0 Å². The minimum absolute atomic E-state index is 0.953. The first-order valence-corrected chi connectivity index (χ1v) is 22.0. The molecule has 8 aromatic carbocycles. The molecule has 3 aliphatic rings. The van der Waals surface area contributed by atoms with Crippen LogP contribution in [0.1, 0.15) is 59.1 Å². The van der Waals surface area contributed by atoms with Gasteiger partial charge in [0.2, 0.25) is 0 Å². The van der Waals surface area contributed by atoms with Crippen LogP contribution in [0.5, 0.6) is 0 Å². The van der Waals surface area contributed by atoms with Gasteiger partial charge in [-0.3, -0.25) is 0 Å². The van der Waals surface area contributed by atoms with Gasteiger partial charge in [0.25, 0.3) is 0 Å². The molecule has 61 heavy (non-hydrogen) atoms. The van der Waals surface area contributed by atoms with E-state index < -0.39 is 0 Å². The third kappa shape index (κ3) is 5.92. The molecular formula is C59H46N2. The van der Waals surface area contributed by atoms with E-state index in [-0.39, 0.29) is 0 Å². The van der Waals surface area contributed by atoms with Gasteiger partial charge < -0.3 is 9.47 Å². The van der Waals surface area contributed by atoms with E-state index in [2.05, 4.69) is 204 Å². The summed E-state index contributed by atoms with van der Waals surface area (Å²) in [6.07, 6.45) is 6.27. The van der Waals surface area contributed by atoms with E-state index in [0.29, 0.717) is 0 Å². The molecule has 3 aliphatic carbocycles. The second-order valence-electron chi connectivity index (χ2n) is 17.1. The summed E-state index contributed by atoms with van der Waals surface area (Å²) in [6, 6.07) is 70.4. The second-order valence-corrected chi connectivity index (χ2v) is 17.1. The van der Waals surface area contributed by atoms with Gasteiger partial charge in [0.05, 0.1) is 11.0 Å². The van der Waals surface area contributed by atoms with Crippen molar-refractivity contribution in [1.29, 1.82) is 0 Å². The van der Waals surface area contributed by atoms with Crippen LogP contribution in [0, 0.1) is 6.92 Å². The zero-order valence-electron chi connectivity index (χ0n) is 34.5. The average molecular weight is 783 g/mol. The first-order valence-electron chi connectivity index (χ1n) is 22.0. The van der Waals surface area contributed by atoms with Crippen molar-refractivity contribution in [2.24, 2.45) is 0 Å². The number of hydrogen-bond donors (Lipinski definition) is 0. The lowest BCUT2D eigenvalue weighted by Crippen LogP contribution is -2.22. The van der Waals surface area contributed by atoms with Gasteiger partial charge >= 0.3 is 0 Å². The van der Waals surface area contributed by atoms with Gasteiger partial charge in [-0.2, -0.15) is 0 Å². The Balaban J connectivity index is 1.04. The highest BCUT2D eigenvalue weighted by atomic mass is 15.2. The zero-order chi connectivity index (χ0) is 40.4. The Morgan fingerprint density at radius 2 is 1.10 bits per heavy atom. The molecule has 0 unspecified atom stereocenters. The number of rotatable bonds is 6. The lowest BCUT2D eigenvalue weighted by atomic mass is 9.79. The standard InChI is InChI=1S/C59H46N2/c1-39-14-5-8-20-48(39)51-33-35-58(59-50-22-10-6-15-41(50)17-13-24-53(51)59)60(47-32-28-44-36-43-16-7-9-21-49(43)54(44)38-47)46-30-26-40(27-31-46)42-29-34-57-55(37-42)52-23-11-12-25-56(52)61(57)45-18-3-2-4-19-45/h2-12,14-16,18-23,25-32,34,37-38H,13,17,24,33,35-36H2,1H3. The molecule has 2 heteroatoms. The average Bonchev–Trinajstić information content (AvgIpc) is 3.78. The molecule has 0 fully saturated rings. The summed E-state index contributed by atoms with van der Waals surface area (Å²) in [6.45, 7) is 2.28. The quantitative estimate of drug-likeness (QED) is 0.163. The highest BCUT2D eigenvalue weighted by molar-refractivity contribution is 6.10. The van der Waals surface area contributed by atoms with Crippen LogP contribution in [-0.2, 0) is 12.8 Å². The Morgan fingerprint density at radius 1 is 0.426 bits per heavy atom. The van der Waals surface area contributed by atoms with Crippen molar-refractivity contribution < 1.29 is 0 Å². The third-order valence-electron chi connectivity index (χ3n) is 13.7. The third-order valence-corrected chi connectivity index (χ3v) is 13.7. The van der Waals surface area contributed by atoms with E-state index in [1.54, 1.807) is 0 Å². The van der Waals surface area contributed by atoms with E-state index in [9.17, 15) is 0 Å². The van der Waals surface area contributed by atoms with Gasteiger partial charge in [-0.25, -0.2) is 0 Å². The Labute approximate surface area is 358 Å². The summed E-state index contributed by atoms with van der Waals surface area (Å²) in [4.78, 5) is 2.62. The highest BCUT2D eigenvalue weighted by Crippen LogP contribution is 2.51. The van der Waals surface area contributed by atoms with E-state index in [1.807, 2.05) is 0 Å². The number of nitrogens with zero attached hydrogens (tertiary/aromatic N) is 2. The number of aromatic nitrogens is 1. The topological polar surface area (TPSA) is 8.17 Å². The molecular weight excluding hydrogens is 737 g/mol. The van der Waals surface area contributed by atoms with Gasteiger partial charge in [-0.1, -0.05) is 133 Å². The maximum Gasteiger partial charge on any atom is 0.0541 e. The van der Waals surface area contributed by atoms with Crippen LogP contribution < -0.4 is 4.90 Å². The Bertz CT molecular complexity index is 3250. The normalized spacial score (nSPS) is 14.4. The molecule has 0 spiro atoms. The van der Waals surface area contributed by atoms with Crippen molar-refractivity contribution in [3.8, 4) is 27.9 Å². The van der Waals surface area contributed by atoms with Crippen LogP contribution in [0.3, 0.4) is 0 Å². The molecule has 12 rings (SSSR count). The Hall–Kier alpha value is -7.16. The molecule has 0 saturated carbocycles. The first-order chi connectivity index (χ1) is 30.2. The highest BCUT2D eigenvalue weighted by Gasteiger charge is 2.32. The van der Waals surface area contributed by atoms with E-state index >= 15 is 0 Å². The number of fused-ring (bicyclic) bond motifs is 9. The molecule has 0 N–H and O–H groups in total. The molecule has 0 saturated heterocycles. The van der Waals surface area contributed by atoms with E-state index in [0.717, 1.165) is 38.5 Å². The van der Waals surface area contributed by atoms with Crippen molar-refractivity contribution in [2.45, 2.75) is 45.4 Å². The smallest absolute Gasteiger partial charge is 0.0541 e. The minimum atomic E-state index is 0.953. The van der Waals surface area contributed by atoms with Gasteiger partial charge in [0.15, 0.2) is 0 Å². The Kier molecular flexibility index (Phi) is 8.52. The Morgan fingerprint density at radius 3 is 1.95 bits per heavy atom. The van der Waals surface area contributed by atoms with E-state index in [4.69, 9.17) is 0 Å². The summed E-state index contributed by atoms with van der Waals surface area (Å²) in [7, 11) is 0. The predicted molar refractivity (Wildman–Crippen MR) is 257 cm³/mol. The van der Waals surface area contributed by atoms with Crippen molar-refractivity contribution >= 4 is 44.3 Å². The number of benzene rings is 8. The van der Waals surface area contributed by atoms with Gasteiger partial charge in [-0.15, -0.1) is 0 Å². The molecule has 1 aromatic heterocycles. The van der Waals surface area contributed by atoms with Crippen molar-refractivity contribution in [1.82, 2.24) is 4.57 Å². The summed E-state index contributed by atoms with van der Waals surface area (Å²) >= 11 is 0. The summed E-state index contributed by atoms with van der Waals surface area (Å²) in [5, 5.41) is 2.54. The van der Waals surface area contributed by atoms with Crippen molar-refractivity contribution in [2.75, 3.05) is 4.90 Å². The zero-order valence-corrected chi connectivity index (χ0v) is 34.5. The molecule has 0 amide bonds. The van der Waals surface area contributed by atoms with Crippen LogP contribution in [-0.4, -0.2) is 4.57 Å². The molecule has 9 aromatic rings. The molecule has 0 radical (unpaired) electrons. The van der Waals surface area contributed by atoms with E-state index in [1.165, 1.54) is 117 Å². The molecule has 0 bridgehead atoms. The molecule has 1 heterocycles. The number of aryl methyl sites for hydroxylation is 2. The summed E-state index contributed by atoms with van der Waals surface area (Å²) < 4.78 is 2.39. The molecule has 0 atom stereocenters. The van der Waals surface area contributed by atoms with Gasteiger partial charge in [0, 0.05) is 39.1 Å². The predicted octanol–water partition coefficient (Wildman–Crippen LogP) is 15.5. The van der Waals surface area contributed by atoms with Crippen LogP contribution in [0.4, 0.5) is 11.4 Å². The van der Waals surface area contributed by atoms with Crippen molar-refractivity contribution in [3.05, 3.63) is 233 Å². The van der Waals surface area contributed by atoms with Crippen LogP contribution in [0.2, 0.25) is 0 Å². The summed E-state index contributed by atoms with van der Waals surface area (Å²) in [5.74, 6) is 0. The molecule has 2 nitrogen and oxygen atoms in total. The molecule has 292 valence electrons. The number of allylic oxidation sites excluding steroid dienone is 4. The number of hydrogen-bond acceptors (Lipinski definition) is 1. The number of para-hydroxylation sites is 2. The minimum Gasteiger partial charge on any atom is -0.314 e. The molecule has 0 aliphatic heterocycles. The summed E-state index contributed by atoms with van der Waals surface area (Å²) in [5.41, 5.74) is 25.5. The van der Waals surface area contributed by atoms with Crippen molar-refractivity contribution in [3.63, 3.8) is 0 Å². The van der Waals surface area contributed by atoms with Gasteiger partial charge in [0.1, 0.15) is 0 Å².